The lowest BCUT2D eigenvalue weighted by Crippen LogP contribution is -2.53. The smallest absolute Gasteiger partial charge is 0.340 e. The number of nitrogens with one attached hydrogen (secondary N) is 1. The number of ether oxygens (including phenoxy) is 1. The van der Waals surface area contributed by atoms with Gasteiger partial charge in [-0.25, -0.2) is 9.78 Å². The van der Waals surface area contributed by atoms with Crippen LogP contribution in [0.5, 0.6) is 0 Å². The molecule has 6 rings (SSSR count). The summed E-state index contributed by atoms with van der Waals surface area (Å²) >= 11 is 1.07. The summed E-state index contributed by atoms with van der Waals surface area (Å²) in [6.45, 7) is 6.38. The van der Waals surface area contributed by atoms with Crippen molar-refractivity contribution in [2.24, 2.45) is 11.8 Å². The van der Waals surface area contributed by atoms with Crippen LogP contribution in [0.25, 0.3) is 10.9 Å². The molecule has 47 heavy (non-hydrogen) atoms. The van der Waals surface area contributed by atoms with Gasteiger partial charge in [0, 0.05) is 61.3 Å². The molecule has 3 aromatic rings. The van der Waals surface area contributed by atoms with Gasteiger partial charge in [-0.1, -0.05) is 56.7 Å². The van der Waals surface area contributed by atoms with E-state index in [0.29, 0.717) is 48.7 Å². The molecule has 0 radical (unpaired) electrons. The summed E-state index contributed by atoms with van der Waals surface area (Å²) in [5, 5.41) is 4.69. The molecule has 1 aliphatic heterocycles. The van der Waals surface area contributed by atoms with E-state index in [1.54, 1.807) is 36.5 Å². The number of hydrogen-bond acceptors (Lipinski definition) is 7. The molecule has 3 heterocycles. The van der Waals surface area contributed by atoms with Gasteiger partial charge < -0.3 is 19.5 Å². The Morgan fingerprint density at radius 1 is 0.957 bits per heavy atom. The third-order valence-corrected chi connectivity index (χ3v) is 11.5. The van der Waals surface area contributed by atoms with E-state index in [4.69, 9.17) is 4.74 Å². The van der Waals surface area contributed by atoms with Crippen LogP contribution in [0.1, 0.15) is 105 Å². The summed E-state index contributed by atoms with van der Waals surface area (Å²) in [7, 11) is 0. The maximum atomic E-state index is 15.2. The van der Waals surface area contributed by atoms with Gasteiger partial charge in [0.05, 0.1) is 12.2 Å². The molecule has 2 aliphatic carbocycles. The molecule has 1 saturated heterocycles. The van der Waals surface area contributed by atoms with Gasteiger partial charge in [-0.15, -0.1) is 0 Å². The third-order valence-electron chi connectivity index (χ3n) is 10.3. The van der Waals surface area contributed by atoms with Crippen LogP contribution < -0.4 is 5.32 Å². The molecule has 9 nitrogen and oxygen atoms in total. The highest BCUT2D eigenvalue weighted by Crippen LogP contribution is 2.46. The topological polar surface area (TPSA) is 96.8 Å². The van der Waals surface area contributed by atoms with Gasteiger partial charge in [0.25, 0.3) is 5.91 Å². The highest BCUT2D eigenvalue weighted by molar-refractivity contribution is 7.97. The van der Waals surface area contributed by atoms with Crippen LogP contribution >= 0.6 is 11.9 Å². The number of nitrogens with zero attached hydrogens (tertiary/aromatic N) is 4. The Labute approximate surface area is 282 Å². The lowest BCUT2D eigenvalue weighted by Gasteiger charge is -2.40. The summed E-state index contributed by atoms with van der Waals surface area (Å²) in [5.41, 5.74) is 1.96. The quantitative estimate of drug-likeness (QED) is 0.187. The normalized spacial score (nSPS) is 18.7. The maximum Gasteiger partial charge on any atom is 0.340 e. The highest BCUT2D eigenvalue weighted by atomic mass is 32.2. The van der Waals surface area contributed by atoms with Crippen molar-refractivity contribution in [2.75, 3.05) is 32.8 Å². The molecule has 2 saturated carbocycles. The lowest BCUT2D eigenvalue weighted by molar-refractivity contribution is -0.134. The summed E-state index contributed by atoms with van der Waals surface area (Å²) in [5.74, 6) is 0.155. The van der Waals surface area contributed by atoms with Gasteiger partial charge in [-0.2, -0.15) is 0 Å². The molecule has 2 aromatic heterocycles. The molecule has 1 aromatic carbocycles. The number of carbonyl (C=O) groups excluding carboxylic acids is 3. The zero-order valence-electron chi connectivity index (χ0n) is 27.9. The molecule has 0 spiro atoms. The van der Waals surface area contributed by atoms with E-state index >= 15 is 4.79 Å². The van der Waals surface area contributed by atoms with Crippen LogP contribution in [-0.2, 0) is 9.53 Å². The maximum absolute atomic E-state index is 15.2. The molecule has 3 fully saturated rings. The number of aromatic nitrogens is 2. The fourth-order valence-corrected chi connectivity index (χ4v) is 8.97. The number of piperazine rings is 1. The van der Waals surface area contributed by atoms with E-state index in [-0.39, 0.29) is 30.0 Å². The van der Waals surface area contributed by atoms with Crippen molar-refractivity contribution in [3.63, 3.8) is 0 Å². The molecular formula is C37H49N5O4S. The first-order valence-electron chi connectivity index (χ1n) is 17.7. The second-order valence-corrected chi connectivity index (χ2v) is 14.3. The van der Waals surface area contributed by atoms with Gasteiger partial charge in [0.1, 0.15) is 16.8 Å². The first kappa shape index (κ1) is 33.5. The second-order valence-electron chi connectivity index (χ2n) is 13.3. The average molecular weight is 660 g/mol. The first-order chi connectivity index (χ1) is 23.0. The van der Waals surface area contributed by atoms with Gasteiger partial charge >= 0.3 is 5.97 Å². The van der Waals surface area contributed by atoms with Crippen molar-refractivity contribution in [2.45, 2.75) is 95.2 Å². The Balaban J connectivity index is 1.46. The van der Waals surface area contributed by atoms with Crippen LogP contribution in [-0.4, -0.2) is 75.4 Å². The Morgan fingerprint density at radius 2 is 1.62 bits per heavy atom. The average Bonchev–Trinajstić information content (AvgIpc) is 3.50. The molecule has 2 amide bonds. The van der Waals surface area contributed by atoms with Crippen LogP contribution in [0, 0.1) is 11.8 Å². The fraction of sp³-hybridized carbons (Fsp3) is 0.568. The van der Waals surface area contributed by atoms with Crippen LogP contribution in [0.2, 0.25) is 0 Å². The van der Waals surface area contributed by atoms with E-state index in [1.807, 2.05) is 17.0 Å². The number of pyridine rings is 1. The van der Waals surface area contributed by atoms with Crippen LogP contribution in [0.4, 0.5) is 0 Å². The van der Waals surface area contributed by atoms with Gasteiger partial charge in [0.15, 0.2) is 0 Å². The minimum Gasteiger partial charge on any atom is -0.462 e. The fourth-order valence-electron chi connectivity index (χ4n) is 8.00. The zero-order chi connectivity index (χ0) is 32.8. The van der Waals surface area contributed by atoms with Gasteiger partial charge in [-0.05, 0) is 75.6 Å². The minimum absolute atomic E-state index is 0.111. The molecule has 10 heteroatoms. The summed E-state index contributed by atoms with van der Waals surface area (Å²) in [6, 6.07) is 13.1. The number of rotatable bonds is 10. The summed E-state index contributed by atoms with van der Waals surface area (Å²) in [4.78, 5) is 48.6. The number of esters is 1. The minimum atomic E-state index is -0.795. The summed E-state index contributed by atoms with van der Waals surface area (Å²) in [6.07, 6.45) is 13.8. The van der Waals surface area contributed by atoms with Crippen molar-refractivity contribution in [1.29, 1.82) is 0 Å². The molecule has 0 unspecified atom stereocenters. The van der Waals surface area contributed by atoms with Gasteiger partial charge in [-0.3, -0.25) is 13.9 Å². The van der Waals surface area contributed by atoms with E-state index in [1.165, 1.54) is 64.2 Å². The van der Waals surface area contributed by atoms with E-state index in [0.717, 1.165) is 22.9 Å². The van der Waals surface area contributed by atoms with Crippen molar-refractivity contribution >= 4 is 40.6 Å². The van der Waals surface area contributed by atoms with Crippen molar-refractivity contribution in [3.8, 4) is 0 Å². The standard InChI is InChI=1S/C37H49N5O4S/c1-3-46-37(45)30-18-12-20-39-34(30)47-42(26(2)35(43)40-23-21-38-22-24-40)36(44)32-25-29-17-10-11-19-31(29)41(32)33(27-13-6-4-7-14-27)28-15-8-5-9-16-28/h10-12,17-20,25-28,33,38H,3-9,13-16,21-24H2,1-2H3/t26-/m1/s1. The Morgan fingerprint density at radius 3 is 2.28 bits per heavy atom. The van der Waals surface area contributed by atoms with Crippen LogP contribution in [0.15, 0.2) is 53.7 Å². The second kappa shape index (κ2) is 15.7. The number of para-hydroxylation sites is 1. The number of fused-ring (bicyclic) bond motifs is 1. The predicted octanol–water partition coefficient (Wildman–Crippen LogP) is 6.88. The number of carbonyl (C=O) groups is 3. The lowest BCUT2D eigenvalue weighted by atomic mass is 9.73. The highest BCUT2D eigenvalue weighted by Gasteiger charge is 2.39. The predicted molar refractivity (Wildman–Crippen MR) is 185 cm³/mol. The Kier molecular flexibility index (Phi) is 11.2. The van der Waals surface area contributed by atoms with E-state index < -0.39 is 12.0 Å². The largest absolute Gasteiger partial charge is 0.462 e. The van der Waals surface area contributed by atoms with Crippen molar-refractivity contribution in [3.05, 3.63) is 59.9 Å². The monoisotopic (exact) mass is 659 g/mol. The van der Waals surface area contributed by atoms with E-state index in [2.05, 4.69) is 33.1 Å². The van der Waals surface area contributed by atoms with Crippen LogP contribution in [0.3, 0.4) is 0 Å². The molecule has 1 N–H and O–H groups in total. The van der Waals surface area contributed by atoms with Crippen molar-refractivity contribution in [1.82, 2.24) is 24.1 Å². The van der Waals surface area contributed by atoms with E-state index in [9.17, 15) is 9.59 Å². The number of amides is 2. The third kappa shape index (κ3) is 7.38. The molecule has 1 atom stereocenters. The molecular weight excluding hydrogens is 611 g/mol. The SMILES string of the molecule is CCOC(=O)c1cccnc1SN(C(=O)c1cc2ccccc2n1C(C1CCCCC1)C1CCCCC1)[C@H](C)C(=O)N1CCNCC1. The Hall–Kier alpha value is -3.37. The first-order valence-corrected chi connectivity index (χ1v) is 18.5. The molecule has 252 valence electrons. The number of benzene rings is 1. The Bertz CT molecular complexity index is 1520. The van der Waals surface area contributed by atoms with Crippen molar-refractivity contribution < 1.29 is 19.1 Å². The van der Waals surface area contributed by atoms with Gasteiger partial charge in [0.2, 0.25) is 5.91 Å². The number of hydrogen-bond donors (Lipinski definition) is 1. The summed E-state index contributed by atoms with van der Waals surface area (Å²) < 4.78 is 9.27. The molecule has 3 aliphatic rings. The zero-order valence-corrected chi connectivity index (χ0v) is 28.7. The molecule has 0 bridgehead atoms.